The highest BCUT2D eigenvalue weighted by Gasteiger charge is 2.15. The summed E-state index contributed by atoms with van der Waals surface area (Å²) in [6.07, 6.45) is 1.82. The second-order valence-corrected chi connectivity index (χ2v) is 5.18. The van der Waals surface area contributed by atoms with Gasteiger partial charge in [-0.15, -0.1) is 11.3 Å². The highest BCUT2D eigenvalue weighted by atomic mass is 32.1. The van der Waals surface area contributed by atoms with Crippen molar-refractivity contribution in [3.05, 3.63) is 41.7 Å². The molecule has 0 aliphatic rings. The van der Waals surface area contributed by atoms with Gasteiger partial charge in [-0.2, -0.15) is 0 Å². The van der Waals surface area contributed by atoms with Crippen LogP contribution in [0.15, 0.2) is 35.8 Å². The molecule has 3 nitrogen and oxygen atoms in total. The van der Waals surface area contributed by atoms with Gasteiger partial charge < -0.3 is 0 Å². The molecule has 3 heterocycles. The summed E-state index contributed by atoms with van der Waals surface area (Å²) in [5.74, 6) is 1.45. The molecule has 0 N–H and O–H groups in total. The lowest BCUT2D eigenvalue weighted by Gasteiger charge is -2.08. The number of thiophene rings is 1. The zero-order valence-electron chi connectivity index (χ0n) is 9.79. The van der Waals surface area contributed by atoms with Crippen molar-refractivity contribution < 1.29 is 0 Å². The highest BCUT2D eigenvalue weighted by molar-refractivity contribution is 7.12. The number of pyridine rings is 1. The minimum atomic E-state index is 0.381. The van der Waals surface area contributed by atoms with Crippen molar-refractivity contribution >= 4 is 22.5 Å². The average Bonchev–Trinajstić information content (AvgIpc) is 2.94. The number of aromatic nitrogens is 3. The van der Waals surface area contributed by atoms with Gasteiger partial charge in [-0.25, -0.2) is 9.97 Å². The van der Waals surface area contributed by atoms with Crippen LogP contribution in [0.2, 0.25) is 0 Å². The first kappa shape index (κ1) is 10.5. The van der Waals surface area contributed by atoms with Gasteiger partial charge in [0.2, 0.25) is 0 Å². The summed E-state index contributed by atoms with van der Waals surface area (Å²) in [7, 11) is 0. The molecule has 0 aromatic carbocycles. The molecule has 3 aromatic rings. The van der Waals surface area contributed by atoms with Crippen molar-refractivity contribution in [2.75, 3.05) is 0 Å². The van der Waals surface area contributed by atoms with Crippen LogP contribution >= 0.6 is 11.3 Å². The third-order valence-corrected chi connectivity index (χ3v) is 3.54. The molecule has 3 aromatic heterocycles. The van der Waals surface area contributed by atoms with Crippen molar-refractivity contribution in [1.82, 2.24) is 14.5 Å². The first-order chi connectivity index (χ1) is 8.27. The molecular weight excluding hydrogens is 230 g/mol. The Morgan fingerprint density at radius 2 is 2.12 bits per heavy atom. The Bertz CT molecular complexity index is 638. The van der Waals surface area contributed by atoms with E-state index in [4.69, 9.17) is 0 Å². The van der Waals surface area contributed by atoms with Crippen molar-refractivity contribution in [3.8, 4) is 5.00 Å². The Hall–Kier alpha value is -1.68. The maximum absolute atomic E-state index is 4.68. The van der Waals surface area contributed by atoms with Gasteiger partial charge in [0.05, 0.1) is 0 Å². The van der Waals surface area contributed by atoms with E-state index in [2.05, 4.69) is 45.9 Å². The monoisotopic (exact) mass is 243 g/mol. The lowest BCUT2D eigenvalue weighted by molar-refractivity contribution is 0.761. The second-order valence-electron chi connectivity index (χ2n) is 4.26. The summed E-state index contributed by atoms with van der Waals surface area (Å²) in [6.45, 7) is 4.32. The standard InChI is InChI=1S/C13H13N3S/c1-9(2)12-15-10-5-3-7-14-13(10)16(12)11-6-4-8-17-11/h3-9H,1-2H3. The van der Waals surface area contributed by atoms with E-state index in [1.54, 1.807) is 11.3 Å². The first-order valence-electron chi connectivity index (χ1n) is 5.64. The third-order valence-electron chi connectivity index (χ3n) is 2.68. The van der Waals surface area contributed by atoms with E-state index < -0.39 is 0 Å². The van der Waals surface area contributed by atoms with Gasteiger partial charge >= 0.3 is 0 Å². The molecule has 0 spiro atoms. The summed E-state index contributed by atoms with van der Waals surface area (Å²) in [5, 5.41) is 3.25. The summed E-state index contributed by atoms with van der Waals surface area (Å²) >= 11 is 1.71. The average molecular weight is 243 g/mol. The molecule has 0 aliphatic carbocycles. The molecule has 0 radical (unpaired) electrons. The fourth-order valence-corrected chi connectivity index (χ4v) is 2.67. The molecule has 3 rings (SSSR count). The van der Waals surface area contributed by atoms with Crippen LogP contribution in [0.1, 0.15) is 25.6 Å². The van der Waals surface area contributed by atoms with Gasteiger partial charge in [0, 0.05) is 12.1 Å². The van der Waals surface area contributed by atoms with E-state index in [0.717, 1.165) is 17.0 Å². The van der Waals surface area contributed by atoms with Crippen LogP contribution < -0.4 is 0 Å². The fourth-order valence-electron chi connectivity index (χ4n) is 1.93. The van der Waals surface area contributed by atoms with Gasteiger partial charge in [0.15, 0.2) is 5.65 Å². The number of rotatable bonds is 2. The zero-order chi connectivity index (χ0) is 11.8. The Kier molecular flexibility index (Phi) is 2.44. The Labute approximate surface area is 104 Å². The minimum Gasteiger partial charge on any atom is -0.271 e. The van der Waals surface area contributed by atoms with Crippen LogP contribution in [0.25, 0.3) is 16.2 Å². The molecule has 0 saturated heterocycles. The van der Waals surface area contributed by atoms with E-state index in [1.165, 1.54) is 5.00 Å². The molecule has 0 unspecified atom stereocenters. The molecule has 17 heavy (non-hydrogen) atoms. The number of fused-ring (bicyclic) bond motifs is 1. The maximum atomic E-state index is 4.68. The second kappa shape index (κ2) is 3.96. The number of hydrogen-bond donors (Lipinski definition) is 0. The summed E-state index contributed by atoms with van der Waals surface area (Å²) < 4.78 is 2.16. The van der Waals surface area contributed by atoms with E-state index >= 15 is 0 Å². The van der Waals surface area contributed by atoms with E-state index in [9.17, 15) is 0 Å². The summed E-state index contributed by atoms with van der Waals surface area (Å²) in [6, 6.07) is 8.10. The topological polar surface area (TPSA) is 30.7 Å². The van der Waals surface area contributed by atoms with Gasteiger partial charge in [-0.05, 0) is 29.6 Å². The van der Waals surface area contributed by atoms with E-state index in [0.29, 0.717) is 5.92 Å². The van der Waals surface area contributed by atoms with Gasteiger partial charge in [0.1, 0.15) is 16.3 Å². The lowest BCUT2D eigenvalue weighted by atomic mass is 10.2. The molecular formula is C13H13N3S. The van der Waals surface area contributed by atoms with Gasteiger partial charge in [-0.1, -0.05) is 13.8 Å². The van der Waals surface area contributed by atoms with Crippen molar-refractivity contribution in [2.24, 2.45) is 0 Å². The zero-order valence-corrected chi connectivity index (χ0v) is 10.6. The van der Waals surface area contributed by atoms with Gasteiger partial charge in [-0.3, -0.25) is 4.57 Å². The van der Waals surface area contributed by atoms with Crippen LogP contribution in [0.5, 0.6) is 0 Å². The predicted molar refractivity (Wildman–Crippen MR) is 70.8 cm³/mol. The number of nitrogens with zero attached hydrogens (tertiary/aromatic N) is 3. The van der Waals surface area contributed by atoms with Crippen LogP contribution in [-0.4, -0.2) is 14.5 Å². The molecule has 0 saturated carbocycles. The first-order valence-corrected chi connectivity index (χ1v) is 6.52. The minimum absolute atomic E-state index is 0.381. The number of hydrogen-bond acceptors (Lipinski definition) is 3. The number of imidazole rings is 1. The lowest BCUT2D eigenvalue weighted by Crippen LogP contribution is -2.01. The fraction of sp³-hybridized carbons (Fsp3) is 0.231. The quantitative estimate of drug-likeness (QED) is 0.688. The molecule has 0 aliphatic heterocycles. The van der Waals surface area contributed by atoms with Crippen molar-refractivity contribution in [3.63, 3.8) is 0 Å². The van der Waals surface area contributed by atoms with Crippen molar-refractivity contribution in [2.45, 2.75) is 19.8 Å². The molecule has 4 heteroatoms. The highest BCUT2D eigenvalue weighted by Crippen LogP contribution is 2.26. The van der Waals surface area contributed by atoms with Gasteiger partial charge in [0.25, 0.3) is 0 Å². The van der Waals surface area contributed by atoms with E-state index in [1.807, 2.05) is 18.3 Å². The summed E-state index contributed by atoms with van der Waals surface area (Å²) in [5.41, 5.74) is 1.91. The molecule has 0 bridgehead atoms. The Morgan fingerprint density at radius 1 is 1.24 bits per heavy atom. The Morgan fingerprint density at radius 3 is 2.82 bits per heavy atom. The molecule has 0 amide bonds. The third kappa shape index (κ3) is 1.65. The predicted octanol–water partition coefficient (Wildman–Crippen LogP) is 3.61. The van der Waals surface area contributed by atoms with Crippen LogP contribution in [0.3, 0.4) is 0 Å². The molecule has 0 fully saturated rings. The van der Waals surface area contributed by atoms with Crippen LogP contribution in [0, 0.1) is 0 Å². The normalized spacial score (nSPS) is 11.5. The maximum Gasteiger partial charge on any atom is 0.165 e. The largest absolute Gasteiger partial charge is 0.271 e. The van der Waals surface area contributed by atoms with Crippen LogP contribution in [0.4, 0.5) is 0 Å². The Balaban J connectivity index is 2.36. The van der Waals surface area contributed by atoms with E-state index in [-0.39, 0.29) is 0 Å². The molecule has 0 atom stereocenters. The van der Waals surface area contributed by atoms with Crippen LogP contribution in [-0.2, 0) is 0 Å². The summed E-state index contributed by atoms with van der Waals surface area (Å²) in [4.78, 5) is 9.12. The smallest absolute Gasteiger partial charge is 0.165 e. The SMILES string of the molecule is CC(C)c1nc2cccnc2n1-c1cccs1. The van der Waals surface area contributed by atoms with Crippen molar-refractivity contribution in [1.29, 1.82) is 0 Å². The molecule has 86 valence electrons.